The van der Waals surface area contributed by atoms with Crippen molar-refractivity contribution in [2.75, 3.05) is 6.54 Å². The molecule has 0 bridgehead atoms. The maximum atomic E-state index is 12.8. The van der Waals surface area contributed by atoms with Crippen LogP contribution in [0.2, 0.25) is 0 Å². The third-order valence-corrected chi connectivity index (χ3v) is 2.00. The molecule has 0 fully saturated rings. The fourth-order valence-electron chi connectivity index (χ4n) is 1.28. The summed E-state index contributed by atoms with van der Waals surface area (Å²) >= 11 is 0. The van der Waals surface area contributed by atoms with Crippen LogP contribution >= 0.6 is 0 Å². The fraction of sp³-hybridized carbons (Fsp3) is 0.308. The van der Waals surface area contributed by atoms with Crippen LogP contribution in [-0.4, -0.2) is 12.5 Å². The number of carbonyl (C=O) groups is 1. The molecular formula is C13H14FNO. The van der Waals surface area contributed by atoms with Crippen LogP contribution in [0.15, 0.2) is 24.3 Å². The average Bonchev–Trinajstić information content (AvgIpc) is 2.24. The number of hydrogen-bond donors (Lipinski definition) is 1. The molecule has 0 spiro atoms. The van der Waals surface area contributed by atoms with Gasteiger partial charge in [-0.05, 0) is 24.6 Å². The van der Waals surface area contributed by atoms with Gasteiger partial charge >= 0.3 is 0 Å². The summed E-state index contributed by atoms with van der Waals surface area (Å²) in [5, 5.41) is 2.72. The highest BCUT2D eigenvalue weighted by atomic mass is 19.1. The van der Waals surface area contributed by atoms with E-state index < -0.39 is 0 Å². The average molecular weight is 219 g/mol. The first-order valence-electron chi connectivity index (χ1n) is 5.13. The molecule has 0 radical (unpaired) electrons. The Bertz CT molecular complexity index is 417. The van der Waals surface area contributed by atoms with E-state index in [4.69, 9.17) is 0 Å². The first-order valence-corrected chi connectivity index (χ1v) is 5.13. The lowest BCUT2D eigenvalue weighted by molar-refractivity contribution is -0.120. The zero-order valence-corrected chi connectivity index (χ0v) is 9.22. The Morgan fingerprint density at radius 1 is 1.50 bits per heavy atom. The molecule has 1 N–H and O–H groups in total. The molecule has 0 aliphatic carbocycles. The first kappa shape index (κ1) is 12.3. The van der Waals surface area contributed by atoms with E-state index in [1.165, 1.54) is 12.1 Å². The molecule has 0 aromatic heterocycles. The van der Waals surface area contributed by atoms with Crippen LogP contribution in [0.5, 0.6) is 0 Å². The van der Waals surface area contributed by atoms with Crippen molar-refractivity contribution in [3.8, 4) is 11.8 Å². The summed E-state index contributed by atoms with van der Waals surface area (Å²) in [4.78, 5) is 11.4. The number of carbonyl (C=O) groups excluding carboxylic acids is 1. The Morgan fingerprint density at radius 3 is 3.00 bits per heavy atom. The second-order valence-corrected chi connectivity index (χ2v) is 3.33. The molecular weight excluding hydrogens is 205 g/mol. The van der Waals surface area contributed by atoms with Gasteiger partial charge in [0.15, 0.2) is 0 Å². The van der Waals surface area contributed by atoms with Crippen molar-refractivity contribution in [2.24, 2.45) is 0 Å². The van der Waals surface area contributed by atoms with Gasteiger partial charge in [-0.3, -0.25) is 4.79 Å². The van der Waals surface area contributed by atoms with Crippen molar-refractivity contribution in [3.05, 3.63) is 35.6 Å². The summed E-state index contributed by atoms with van der Waals surface area (Å²) in [5.41, 5.74) is 0.680. The van der Waals surface area contributed by atoms with Gasteiger partial charge in [-0.2, -0.15) is 0 Å². The molecule has 1 aromatic carbocycles. The van der Waals surface area contributed by atoms with Crippen molar-refractivity contribution in [1.29, 1.82) is 0 Å². The summed E-state index contributed by atoms with van der Waals surface area (Å²) in [6.07, 6.45) is 0.850. The number of nitrogens with one attached hydrogen (secondary N) is 1. The summed E-state index contributed by atoms with van der Waals surface area (Å²) in [6.45, 7) is 2.30. The van der Waals surface area contributed by atoms with Gasteiger partial charge in [-0.15, -0.1) is 11.8 Å². The molecule has 0 aliphatic rings. The second-order valence-electron chi connectivity index (χ2n) is 3.33. The van der Waals surface area contributed by atoms with E-state index in [1.807, 2.05) is 0 Å². The highest BCUT2D eigenvalue weighted by molar-refractivity contribution is 5.78. The zero-order valence-electron chi connectivity index (χ0n) is 9.22. The molecule has 0 heterocycles. The Hall–Kier alpha value is -1.82. The highest BCUT2D eigenvalue weighted by Gasteiger charge is 2.02. The minimum atomic E-state index is -0.317. The largest absolute Gasteiger partial charge is 0.355 e. The number of halogens is 1. The maximum absolute atomic E-state index is 12.8. The monoisotopic (exact) mass is 219 g/mol. The molecule has 2 nitrogen and oxygen atoms in total. The number of hydrogen-bond acceptors (Lipinski definition) is 1. The van der Waals surface area contributed by atoms with Gasteiger partial charge in [0, 0.05) is 13.0 Å². The van der Waals surface area contributed by atoms with Crippen LogP contribution in [0, 0.1) is 17.7 Å². The Labute approximate surface area is 94.9 Å². The van der Waals surface area contributed by atoms with Crippen LogP contribution in [0.3, 0.4) is 0 Å². The number of amides is 1. The third-order valence-electron chi connectivity index (χ3n) is 2.00. The van der Waals surface area contributed by atoms with Crippen LogP contribution in [0.4, 0.5) is 4.39 Å². The third kappa shape index (κ3) is 4.61. The van der Waals surface area contributed by atoms with Crippen LogP contribution in [0.25, 0.3) is 0 Å². The minimum Gasteiger partial charge on any atom is -0.355 e. The fourth-order valence-corrected chi connectivity index (χ4v) is 1.28. The SMILES string of the molecule is CC#CCCNC(=O)Cc1cccc(F)c1. The van der Waals surface area contributed by atoms with Gasteiger partial charge in [-0.25, -0.2) is 4.39 Å². The maximum Gasteiger partial charge on any atom is 0.224 e. The van der Waals surface area contributed by atoms with Crippen LogP contribution < -0.4 is 5.32 Å². The van der Waals surface area contributed by atoms with Gasteiger partial charge in [0.2, 0.25) is 5.91 Å². The van der Waals surface area contributed by atoms with E-state index in [9.17, 15) is 9.18 Å². The van der Waals surface area contributed by atoms with Gasteiger partial charge < -0.3 is 5.32 Å². The smallest absolute Gasteiger partial charge is 0.224 e. The molecule has 0 atom stereocenters. The van der Waals surface area contributed by atoms with E-state index in [2.05, 4.69) is 17.2 Å². The topological polar surface area (TPSA) is 29.1 Å². The van der Waals surface area contributed by atoms with E-state index in [1.54, 1.807) is 19.1 Å². The number of rotatable bonds is 4. The van der Waals surface area contributed by atoms with E-state index in [0.717, 1.165) is 0 Å². The van der Waals surface area contributed by atoms with Crippen molar-refractivity contribution in [3.63, 3.8) is 0 Å². The van der Waals surface area contributed by atoms with Gasteiger partial charge in [0.25, 0.3) is 0 Å². The van der Waals surface area contributed by atoms with Gasteiger partial charge in [0.05, 0.1) is 6.42 Å². The highest BCUT2D eigenvalue weighted by Crippen LogP contribution is 2.03. The first-order chi connectivity index (χ1) is 7.72. The van der Waals surface area contributed by atoms with E-state index >= 15 is 0 Å². The van der Waals surface area contributed by atoms with Crippen molar-refractivity contribution < 1.29 is 9.18 Å². The molecule has 0 aliphatic heterocycles. The molecule has 1 aromatic rings. The standard InChI is InChI=1S/C13H14FNO/c1-2-3-4-8-15-13(16)10-11-6-5-7-12(14)9-11/h5-7,9H,4,8,10H2,1H3,(H,15,16). The molecule has 3 heteroatoms. The van der Waals surface area contributed by atoms with Gasteiger partial charge in [-0.1, -0.05) is 12.1 Å². The molecule has 0 saturated carbocycles. The normalized spacial score (nSPS) is 9.12. The Balaban J connectivity index is 2.36. The lowest BCUT2D eigenvalue weighted by atomic mass is 10.1. The lowest BCUT2D eigenvalue weighted by Gasteiger charge is -2.03. The summed E-state index contributed by atoms with van der Waals surface area (Å²) in [7, 11) is 0. The molecule has 1 amide bonds. The minimum absolute atomic E-state index is 0.108. The molecule has 84 valence electrons. The van der Waals surface area contributed by atoms with Crippen LogP contribution in [0.1, 0.15) is 18.9 Å². The lowest BCUT2D eigenvalue weighted by Crippen LogP contribution is -2.25. The van der Waals surface area contributed by atoms with E-state index in [0.29, 0.717) is 18.5 Å². The van der Waals surface area contributed by atoms with Crippen molar-refractivity contribution in [2.45, 2.75) is 19.8 Å². The summed E-state index contributed by atoms with van der Waals surface area (Å²) in [6, 6.07) is 6.05. The van der Waals surface area contributed by atoms with Crippen molar-refractivity contribution >= 4 is 5.91 Å². The van der Waals surface area contributed by atoms with Crippen molar-refractivity contribution in [1.82, 2.24) is 5.32 Å². The summed E-state index contributed by atoms with van der Waals surface area (Å²) < 4.78 is 12.8. The Morgan fingerprint density at radius 2 is 2.31 bits per heavy atom. The molecule has 16 heavy (non-hydrogen) atoms. The summed E-state index contributed by atoms with van der Waals surface area (Å²) in [5.74, 6) is 5.17. The van der Waals surface area contributed by atoms with E-state index in [-0.39, 0.29) is 18.1 Å². The molecule has 1 rings (SSSR count). The predicted molar refractivity (Wildman–Crippen MR) is 61.2 cm³/mol. The number of benzene rings is 1. The molecule has 0 unspecified atom stereocenters. The van der Waals surface area contributed by atoms with Crippen LogP contribution in [-0.2, 0) is 11.2 Å². The zero-order chi connectivity index (χ0) is 11.8. The Kier molecular flexibility index (Phi) is 5.07. The molecule has 0 saturated heterocycles. The predicted octanol–water partition coefficient (Wildman–Crippen LogP) is 1.90. The van der Waals surface area contributed by atoms with Gasteiger partial charge in [0.1, 0.15) is 5.82 Å². The quantitative estimate of drug-likeness (QED) is 0.608. The second kappa shape index (κ2) is 6.62.